The first-order chi connectivity index (χ1) is 11.4. The van der Waals surface area contributed by atoms with Gasteiger partial charge in [-0.15, -0.1) is 0 Å². The van der Waals surface area contributed by atoms with Gasteiger partial charge < -0.3 is 9.64 Å². The summed E-state index contributed by atoms with van der Waals surface area (Å²) in [5, 5.41) is 0. The molecule has 0 aromatic heterocycles. The lowest BCUT2D eigenvalue weighted by Crippen LogP contribution is -2.34. The van der Waals surface area contributed by atoms with Crippen LogP contribution in [-0.4, -0.2) is 30.0 Å². The molecule has 136 valence electrons. The molecule has 0 N–H and O–H groups in total. The molecule has 3 nitrogen and oxygen atoms in total. The van der Waals surface area contributed by atoms with Crippen molar-refractivity contribution in [2.75, 3.05) is 13.1 Å². The Bertz CT molecular complexity index is 473. The number of ether oxygens (including phenoxy) is 1. The van der Waals surface area contributed by atoms with E-state index < -0.39 is 0 Å². The van der Waals surface area contributed by atoms with Gasteiger partial charge in [-0.25, -0.2) is 0 Å². The molecular formula is C21H35NO2. The topological polar surface area (TPSA) is 29.5 Å². The van der Waals surface area contributed by atoms with Crippen LogP contribution in [0.25, 0.3) is 0 Å². The fourth-order valence-corrected chi connectivity index (χ4v) is 3.02. The second-order valence-electron chi connectivity index (χ2n) is 7.17. The van der Waals surface area contributed by atoms with Crippen molar-refractivity contribution < 1.29 is 9.53 Å². The van der Waals surface area contributed by atoms with Crippen LogP contribution in [0.5, 0.6) is 5.75 Å². The summed E-state index contributed by atoms with van der Waals surface area (Å²) in [6.07, 6.45) is 2.79. The van der Waals surface area contributed by atoms with Crippen LogP contribution >= 0.6 is 0 Å². The van der Waals surface area contributed by atoms with E-state index in [-0.39, 0.29) is 17.9 Å². The second-order valence-corrected chi connectivity index (χ2v) is 7.17. The van der Waals surface area contributed by atoms with Crippen LogP contribution in [0.4, 0.5) is 0 Å². The number of benzene rings is 1. The fraction of sp³-hybridized carbons (Fsp3) is 0.667. The molecule has 0 saturated carbocycles. The number of nitrogens with zero attached hydrogens (tertiary/aromatic N) is 1. The zero-order valence-electron chi connectivity index (χ0n) is 16.3. The standard InChI is InChI=1S/C21H35NO2/c1-7-13-22(14-8-2)21(23)15-20(16(3)4)18-9-11-19(12-10-18)24-17(5)6/h9-12,16-17,20H,7-8,13-15H2,1-6H3/t20-/m0/s1. The summed E-state index contributed by atoms with van der Waals surface area (Å²) in [4.78, 5) is 14.7. The molecular weight excluding hydrogens is 298 g/mol. The van der Waals surface area contributed by atoms with Crippen LogP contribution in [0.15, 0.2) is 24.3 Å². The van der Waals surface area contributed by atoms with Gasteiger partial charge >= 0.3 is 0 Å². The molecule has 0 aliphatic heterocycles. The lowest BCUT2D eigenvalue weighted by atomic mass is 9.85. The molecule has 0 spiro atoms. The van der Waals surface area contributed by atoms with Crippen LogP contribution in [0, 0.1) is 5.92 Å². The average molecular weight is 334 g/mol. The zero-order chi connectivity index (χ0) is 18.1. The highest BCUT2D eigenvalue weighted by Crippen LogP contribution is 2.30. The zero-order valence-corrected chi connectivity index (χ0v) is 16.3. The Hall–Kier alpha value is -1.51. The third-order valence-corrected chi connectivity index (χ3v) is 4.22. The molecule has 0 bridgehead atoms. The van der Waals surface area contributed by atoms with Crippen molar-refractivity contribution in [1.29, 1.82) is 0 Å². The van der Waals surface area contributed by atoms with Gasteiger partial charge in [0.2, 0.25) is 5.91 Å². The van der Waals surface area contributed by atoms with E-state index in [4.69, 9.17) is 4.74 Å². The lowest BCUT2D eigenvalue weighted by Gasteiger charge is -2.27. The Labute approximate surface area is 148 Å². The first-order valence-corrected chi connectivity index (χ1v) is 9.43. The number of rotatable bonds is 10. The van der Waals surface area contributed by atoms with Gasteiger partial charge in [0.05, 0.1) is 6.10 Å². The number of amides is 1. The van der Waals surface area contributed by atoms with Gasteiger partial charge in [0, 0.05) is 19.5 Å². The third kappa shape index (κ3) is 6.54. The molecule has 1 rings (SSSR count). The van der Waals surface area contributed by atoms with E-state index in [1.807, 2.05) is 30.9 Å². The van der Waals surface area contributed by atoms with E-state index in [2.05, 4.69) is 39.8 Å². The van der Waals surface area contributed by atoms with E-state index in [9.17, 15) is 4.79 Å². The van der Waals surface area contributed by atoms with Gasteiger partial charge in [-0.2, -0.15) is 0 Å². The molecule has 0 heterocycles. The Morgan fingerprint density at radius 1 is 1.00 bits per heavy atom. The highest BCUT2D eigenvalue weighted by atomic mass is 16.5. The SMILES string of the molecule is CCCN(CCC)C(=O)C[C@H](c1ccc(OC(C)C)cc1)C(C)C. The van der Waals surface area contributed by atoms with Gasteiger partial charge in [0.1, 0.15) is 5.75 Å². The minimum atomic E-state index is 0.176. The molecule has 1 aromatic carbocycles. The predicted molar refractivity (Wildman–Crippen MR) is 102 cm³/mol. The summed E-state index contributed by atoms with van der Waals surface area (Å²) >= 11 is 0. The van der Waals surface area contributed by atoms with Gasteiger partial charge in [0.25, 0.3) is 0 Å². The van der Waals surface area contributed by atoms with Crippen molar-refractivity contribution >= 4 is 5.91 Å². The van der Waals surface area contributed by atoms with E-state index in [0.29, 0.717) is 12.3 Å². The van der Waals surface area contributed by atoms with Gasteiger partial charge in [-0.05, 0) is 56.2 Å². The number of carbonyl (C=O) groups excluding carboxylic acids is 1. The summed E-state index contributed by atoms with van der Waals surface area (Å²) in [5.74, 6) is 1.85. The highest BCUT2D eigenvalue weighted by Gasteiger charge is 2.22. The third-order valence-electron chi connectivity index (χ3n) is 4.22. The van der Waals surface area contributed by atoms with Crippen LogP contribution in [0.3, 0.4) is 0 Å². The Morgan fingerprint density at radius 3 is 1.96 bits per heavy atom. The van der Waals surface area contributed by atoms with Crippen molar-refractivity contribution in [2.24, 2.45) is 5.92 Å². The molecule has 0 unspecified atom stereocenters. The second kappa shape index (κ2) is 10.4. The fourth-order valence-electron chi connectivity index (χ4n) is 3.02. The maximum Gasteiger partial charge on any atom is 0.223 e. The maximum absolute atomic E-state index is 12.7. The molecule has 0 radical (unpaired) electrons. The molecule has 0 aliphatic carbocycles. The van der Waals surface area contributed by atoms with Crippen molar-refractivity contribution in [2.45, 2.75) is 72.8 Å². The molecule has 1 amide bonds. The Morgan fingerprint density at radius 2 is 1.54 bits per heavy atom. The average Bonchev–Trinajstić information content (AvgIpc) is 2.52. The van der Waals surface area contributed by atoms with E-state index in [1.54, 1.807) is 0 Å². The molecule has 1 atom stereocenters. The molecule has 24 heavy (non-hydrogen) atoms. The summed E-state index contributed by atoms with van der Waals surface area (Å²) in [6.45, 7) is 14.4. The Balaban J connectivity index is 2.84. The van der Waals surface area contributed by atoms with Gasteiger partial charge in [-0.3, -0.25) is 4.79 Å². The van der Waals surface area contributed by atoms with Gasteiger partial charge in [-0.1, -0.05) is 39.8 Å². The monoisotopic (exact) mass is 333 g/mol. The van der Waals surface area contributed by atoms with E-state index in [1.165, 1.54) is 5.56 Å². The number of hydrogen-bond acceptors (Lipinski definition) is 2. The van der Waals surface area contributed by atoms with Crippen LogP contribution in [0.1, 0.15) is 72.3 Å². The molecule has 0 aliphatic rings. The van der Waals surface area contributed by atoms with Crippen molar-refractivity contribution in [3.8, 4) is 5.75 Å². The quantitative estimate of drug-likeness (QED) is 0.585. The summed E-state index contributed by atoms with van der Waals surface area (Å²) < 4.78 is 5.72. The number of carbonyl (C=O) groups is 1. The first-order valence-electron chi connectivity index (χ1n) is 9.43. The van der Waals surface area contributed by atoms with Crippen molar-refractivity contribution in [1.82, 2.24) is 4.90 Å². The molecule has 0 fully saturated rings. The summed E-state index contributed by atoms with van der Waals surface area (Å²) in [5.41, 5.74) is 1.22. The van der Waals surface area contributed by atoms with Crippen LogP contribution in [-0.2, 0) is 4.79 Å². The smallest absolute Gasteiger partial charge is 0.223 e. The molecule has 3 heteroatoms. The van der Waals surface area contributed by atoms with Crippen molar-refractivity contribution in [3.63, 3.8) is 0 Å². The first kappa shape index (κ1) is 20.5. The van der Waals surface area contributed by atoms with Crippen LogP contribution < -0.4 is 4.74 Å². The van der Waals surface area contributed by atoms with E-state index in [0.717, 1.165) is 31.7 Å². The number of hydrogen-bond donors (Lipinski definition) is 0. The maximum atomic E-state index is 12.7. The van der Waals surface area contributed by atoms with E-state index >= 15 is 0 Å². The normalized spacial score (nSPS) is 12.5. The molecule has 0 saturated heterocycles. The van der Waals surface area contributed by atoms with Crippen molar-refractivity contribution in [3.05, 3.63) is 29.8 Å². The summed E-state index contributed by atoms with van der Waals surface area (Å²) in [7, 11) is 0. The van der Waals surface area contributed by atoms with Gasteiger partial charge in [0.15, 0.2) is 0 Å². The Kier molecular flexibility index (Phi) is 8.88. The minimum Gasteiger partial charge on any atom is -0.491 e. The minimum absolute atomic E-state index is 0.176. The molecule has 1 aromatic rings. The highest BCUT2D eigenvalue weighted by molar-refractivity contribution is 5.77. The largest absolute Gasteiger partial charge is 0.491 e. The lowest BCUT2D eigenvalue weighted by molar-refractivity contribution is -0.132. The van der Waals surface area contributed by atoms with Crippen LogP contribution in [0.2, 0.25) is 0 Å². The predicted octanol–water partition coefficient (Wildman–Crippen LogP) is 5.25. The summed E-state index contributed by atoms with van der Waals surface area (Å²) in [6, 6.07) is 8.26.